The quantitative estimate of drug-likeness (QED) is 0.274. The fraction of sp³-hybridized carbons (Fsp3) is 0.286. The molecule has 0 unspecified atom stereocenters. The molecule has 0 aliphatic carbocycles. The normalized spacial score (nSPS) is 12.0. The van der Waals surface area contributed by atoms with Crippen molar-refractivity contribution in [2.45, 2.75) is 44.2 Å². The zero-order valence-electron chi connectivity index (χ0n) is 21.6. The van der Waals surface area contributed by atoms with Crippen molar-refractivity contribution >= 4 is 50.7 Å². The maximum atomic E-state index is 13.8. The van der Waals surface area contributed by atoms with E-state index >= 15 is 0 Å². The minimum absolute atomic E-state index is 0.0359. The summed E-state index contributed by atoms with van der Waals surface area (Å²) in [4.78, 5) is 27.9. The van der Waals surface area contributed by atoms with Crippen LogP contribution in [-0.2, 0) is 26.2 Å². The van der Waals surface area contributed by atoms with Gasteiger partial charge >= 0.3 is 0 Å². The van der Waals surface area contributed by atoms with E-state index in [0.717, 1.165) is 17.1 Å². The Kier molecular flexibility index (Phi) is 10.7. The SMILES string of the molecule is CCCCNC(=O)[C@@H](C)N(Cc1ccc(F)cc1)C(=O)CN(c1cccc(Cl)c1)S(=O)(=O)c1ccc(Cl)cc1. The second kappa shape index (κ2) is 13.8. The molecule has 0 bridgehead atoms. The second-order valence-electron chi connectivity index (χ2n) is 8.91. The van der Waals surface area contributed by atoms with Crippen molar-refractivity contribution in [2.75, 3.05) is 17.4 Å². The monoisotopic (exact) mass is 593 g/mol. The van der Waals surface area contributed by atoms with Crippen LogP contribution in [0.15, 0.2) is 77.7 Å². The van der Waals surface area contributed by atoms with Crippen LogP contribution in [0.5, 0.6) is 0 Å². The van der Waals surface area contributed by atoms with Crippen LogP contribution in [-0.4, -0.2) is 44.3 Å². The van der Waals surface area contributed by atoms with Gasteiger partial charge in [0.2, 0.25) is 11.8 Å². The van der Waals surface area contributed by atoms with Crippen LogP contribution in [0.4, 0.5) is 10.1 Å². The van der Waals surface area contributed by atoms with Gasteiger partial charge in [-0.25, -0.2) is 12.8 Å². The highest BCUT2D eigenvalue weighted by atomic mass is 35.5. The van der Waals surface area contributed by atoms with Gasteiger partial charge in [0, 0.05) is 23.1 Å². The molecule has 0 radical (unpaired) electrons. The lowest BCUT2D eigenvalue weighted by molar-refractivity contribution is -0.139. The molecule has 0 saturated carbocycles. The van der Waals surface area contributed by atoms with Gasteiger partial charge in [0.25, 0.3) is 10.0 Å². The largest absolute Gasteiger partial charge is 0.354 e. The van der Waals surface area contributed by atoms with E-state index in [9.17, 15) is 22.4 Å². The van der Waals surface area contributed by atoms with Crippen molar-refractivity contribution in [1.29, 1.82) is 0 Å². The predicted molar refractivity (Wildman–Crippen MR) is 152 cm³/mol. The second-order valence-corrected chi connectivity index (χ2v) is 11.6. The van der Waals surface area contributed by atoms with E-state index in [1.54, 1.807) is 19.1 Å². The Labute approximate surface area is 238 Å². The topological polar surface area (TPSA) is 86.8 Å². The number of halogens is 3. The fourth-order valence-corrected chi connectivity index (χ4v) is 5.52. The molecule has 0 aromatic heterocycles. The molecule has 3 aromatic carbocycles. The Morgan fingerprint density at radius 2 is 1.64 bits per heavy atom. The lowest BCUT2D eigenvalue weighted by atomic mass is 10.1. The molecule has 11 heteroatoms. The van der Waals surface area contributed by atoms with E-state index < -0.39 is 34.3 Å². The molecule has 0 aliphatic heterocycles. The fourth-order valence-electron chi connectivity index (χ4n) is 3.80. The van der Waals surface area contributed by atoms with E-state index in [1.165, 1.54) is 65.6 Å². The average Bonchev–Trinajstić information content (AvgIpc) is 2.91. The number of anilines is 1. The van der Waals surface area contributed by atoms with E-state index in [-0.39, 0.29) is 28.1 Å². The zero-order chi connectivity index (χ0) is 28.6. The molecule has 0 heterocycles. The molecule has 39 heavy (non-hydrogen) atoms. The molecule has 7 nitrogen and oxygen atoms in total. The maximum absolute atomic E-state index is 13.8. The summed E-state index contributed by atoms with van der Waals surface area (Å²) in [5, 5.41) is 3.45. The first-order chi connectivity index (χ1) is 18.5. The summed E-state index contributed by atoms with van der Waals surface area (Å²) < 4.78 is 41.9. The number of hydrogen-bond donors (Lipinski definition) is 1. The molecule has 0 spiro atoms. The van der Waals surface area contributed by atoms with E-state index in [1.807, 2.05) is 6.92 Å². The van der Waals surface area contributed by atoms with E-state index in [0.29, 0.717) is 17.1 Å². The van der Waals surface area contributed by atoms with Crippen molar-refractivity contribution in [1.82, 2.24) is 10.2 Å². The molecule has 1 atom stereocenters. The summed E-state index contributed by atoms with van der Waals surface area (Å²) in [6.45, 7) is 3.36. The van der Waals surface area contributed by atoms with Crippen molar-refractivity contribution < 1.29 is 22.4 Å². The van der Waals surface area contributed by atoms with Crippen LogP contribution >= 0.6 is 23.2 Å². The van der Waals surface area contributed by atoms with Gasteiger partial charge < -0.3 is 10.2 Å². The van der Waals surface area contributed by atoms with Gasteiger partial charge in [0.15, 0.2) is 0 Å². The molecule has 0 saturated heterocycles. The smallest absolute Gasteiger partial charge is 0.264 e. The third-order valence-corrected chi connectivity index (χ3v) is 8.31. The first-order valence-corrected chi connectivity index (χ1v) is 14.6. The number of unbranched alkanes of at least 4 members (excludes halogenated alkanes) is 1. The van der Waals surface area contributed by atoms with Crippen LogP contribution in [0.2, 0.25) is 10.0 Å². The van der Waals surface area contributed by atoms with Gasteiger partial charge in [-0.05, 0) is 73.5 Å². The van der Waals surface area contributed by atoms with Crippen molar-refractivity contribution in [3.63, 3.8) is 0 Å². The standard InChI is InChI=1S/C28H30Cl2FN3O4S/c1-3-4-16-32-28(36)20(2)33(18-21-8-12-24(31)13-9-21)27(35)19-34(25-7-5-6-23(30)17-25)39(37,38)26-14-10-22(29)11-15-26/h5-15,17,20H,3-4,16,18-19H2,1-2H3,(H,32,36)/t20-/m1/s1. The summed E-state index contributed by atoms with van der Waals surface area (Å²) in [5.74, 6) is -1.45. The summed E-state index contributed by atoms with van der Waals surface area (Å²) in [6, 6.07) is 16.3. The van der Waals surface area contributed by atoms with Crippen LogP contribution in [0, 0.1) is 5.82 Å². The Morgan fingerprint density at radius 1 is 0.974 bits per heavy atom. The minimum atomic E-state index is -4.24. The lowest BCUT2D eigenvalue weighted by Crippen LogP contribution is -2.51. The highest BCUT2D eigenvalue weighted by molar-refractivity contribution is 7.92. The average molecular weight is 595 g/mol. The number of carbonyl (C=O) groups excluding carboxylic acids is 2. The van der Waals surface area contributed by atoms with Gasteiger partial charge in [0.05, 0.1) is 10.6 Å². The number of nitrogens with zero attached hydrogens (tertiary/aromatic N) is 2. The molecule has 2 amide bonds. The van der Waals surface area contributed by atoms with Gasteiger partial charge in [-0.2, -0.15) is 0 Å². The van der Waals surface area contributed by atoms with Crippen LogP contribution in [0.25, 0.3) is 0 Å². The van der Waals surface area contributed by atoms with Crippen LogP contribution in [0.3, 0.4) is 0 Å². The molecule has 3 rings (SSSR count). The Hall–Kier alpha value is -3.14. The summed E-state index contributed by atoms with van der Waals surface area (Å²) in [5.41, 5.74) is 0.750. The summed E-state index contributed by atoms with van der Waals surface area (Å²) >= 11 is 12.1. The molecular formula is C28H30Cl2FN3O4S. The van der Waals surface area contributed by atoms with Crippen molar-refractivity contribution in [3.05, 3.63) is 94.2 Å². The van der Waals surface area contributed by atoms with E-state index in [4.69, 9.17) is 23.2 Å². The summed E-state index contributed by atoms with van der Waals surface area (Å²) in [7, 11) is -4.24. The molecule has 208 valence electrons. The Bertz CT molecular complexity index is 1390. The number of hydrogen-bond acceptors (Lipinski definition) is 4. The molecule has 0 fully saturated rings. The lowest BCUT2D eigenvalue weighted by Gasteiger charge is -2.32. The number of benzene rings is 3. The van der Waals surface area contributed by atoms with Gasteiger partial charge in [-0.1, -0.05) is 54.7 Å². The maximum Gasteiger partial charge on any atom is 0.264 e. The molecule has 3 aromatic rings. The number of amides is 2. The highest BCUT2D eigenvalue weighted by Crippen LogP contribution is 2.27. The first kappa shape index (κ1) is 30.4. The first-order valence-electron chi connectivity index (χ1n) is 12.4. The molecular weight excluding hydrogens is 564 g/mol. The number of rotatable bonds is 12. The van der Waals surface area contributed by atoms with Crippen LogP contribution < -0.4 is 9.62 Å². The third kappa shape index (κ3) is 8.17. The van der Waals surface area contributed by atoms with Crippen molar-refractivity contribution in [2.24, 2.45) is 0 Å². The highest BCUT2D eigenvalue weighted by Gasteiger charge is 2.32. The minimum Gasteiger partial charge on any atom is -0.354 e. The third-order valence-electron chi connectivity index (χ3n) is 6.04. The van der Waals surface area contributed by atoms with Gasteiger partial charge in [-0.3, -0.25) is 13.9 Å². The van der Waals surface area contributed by atoms with Gasteiger partial charge in [-0.15, -0.1) is 0 Å². The Balaban J connectivity index is 1.99. The number of carbonyl (C=O) groups is 2. The van der Waals surface area contributed by atoms with Gasteiger partial charge in [0.1, 0.15) is 18.4 Å². The zero-order valence-corrected chi connectivity index (χ0v) is 23.9. The molecule has 0 aliphatic rings. The Morgan fingerprint density at radius 3 is 2.26 bits per heavy atom. The number of nitrogens with one attached hydrogen (secondary N) is 1. The van der Waals surface area contributed by atoms with Crippen molar-refractivity contribution in [3.8, 4) is 0 Å². The predicted octanol–water partition coefficient (Wildman–Crippen LogP) is 5.66. The van der Waals surface area contributed by atoms with E-state index in [2.05, 4.69) is 5.32 Å². The summed E-state index contributed by atoms with van der Waals surface area (Å²) in [6.07, 6.45) is 1.65. The van der Waals surface area contributed by atoms with Crippen LogP contribution in [0.1, 0.15) is 32.3 Å². The molecule has 1 N–H and O–H groups in total. The number of sulfonamides is 1.